The van der Waals surface area contributed by atoms with Crippen molar-refractivity contribution in [1.82, 2.24) is 14.5 Å². The highest BCUT2D eigenvalue weighted by atomic mass is 79.9. The molecule has 0 N–H and O–H groups in total. The summed E-state index contributed by atoms with van der Waals surface area (Å²) in [6.07, 6.45) is 0. The largest absolute Gasteiger partial charge is 0.308 e. The van der Waals surface area contributed by atoms with Crippen LogP contribution in [0.4, 0.5) is 0 Å². The first-order chi connectivity index (χ1) is 8.49. The Kier molecular flexibility index (Phi) is 3.82. The lowest BCUT2D eigenvalue weighted by Gasteiger charge is -2.14. The number of hydrogen-bond donors (Lipinski definition) is 0. The van der Waals surface area contributed by atoms with Gasteiger partial charge in [0.25, 0.3) is 5.56 Å². The Morgan fingerprint density at radius 1 is 1.39 bits per heavy atom. The van der Waals surface area contributed by atoms with Gasteiger partial charge in [-0.15, -0.1) is 0 Å². The molecule has 1 aromatic carbocycles. The zero-order valence-corrected chi connectivity index (χ0v) is 12.4. The molecule has 0 aliphatic heterocycles. The van der Waals surface area contributed by atoms with Gasteiger partial charge in [-0.2, -0.15) is 0 Å². The standard InChI is InChI=1S/C13H16BrN3O/c1-9-15-12-5-4-10(14)8-11(12)13(18)17(9)7-6-16(2)3/h4-5,8H,6-7H2,1-3H3. The summed E-state index contributed by atoms with van der Waals surface area (Å²) < 4.78 is 2.63. The summed E-state index contributed by atoms with van der Waals surface area (Å²) >= 11 is 3.39. The van der Waals surface area contributed by atoms with Crippen molar-refractivity contribution in [2.24, 2.45) is 0 Å². The van der Waals surface area contributed by atoms with Crippen LogP contribution in [0.25, 0.3) is 10.9 Å². The predicted octanol–water partition coefficient (Wildman–Crippen LogP) is 2.03. The molecule has 96 valence electrons. The molecule has 0 saturated heterocycles. The first-order valence-corrected chi connectivity index (χ1v) is 6.60. The van der Waals surface area contributed by atoms with E-state index in [9.17, 15) is 4.79 Å². The highest BCUT2D eigenvalue weighted by molar-refractivity contribution is 9.10. The molecule has 0 radical (unpaired) electrons. The molecule has 1 aromatic heterocycles. The zero-order chi connectivity index (χ0) is 13.3. The summed E-state index contributed by atoms with van der Waals surface area (Å²) in [4.78, 5) is 18.9. The molecule has 0 aliphatic carbocycles. The lowest BCUT2D eigenvalue weighted by molar-refractivity contribution is 0.378. The molecule has 1 heterocycles. The quantitative estimate of drug-likeness (QED) is 0.871. The van der Waals surface area contributed by atoms with Crippen molar-refractivity contribution in [1.29, 1.82) is 0 Å². The minimum atomic E-state index is 0.0284. The van der Waals surface area contributed by atoms with Crippen molar-refractivity contribution >= 4 is 26.8 Å². The van der Waals surface area contributed by atoms with E-state index in [0.717, 1.165) is 22.4 Å². The number of aromatic nitrogens is 2. The number of benzene rings is 1. The molecule has 4 nitrogen and oxygen atoms in total. The van der Waals surface area contributed by atoms with Gasteiger partial charge in [0, 0.05) is 17.6 Å². The molecule has 5 heteroatoms. The Hall–Kier alpha value is -1.20. The first-order valence-electron chi connectivity index (χ1n) is 5.80. The summed E-state index contributed by atoms with van der Waals surface area (Å²) in [7, 11) is 3.98. The minimum absolute atomic E-state index is 0.0284. The molecule has 18 heavy (non-hydrogen) atoms. The normalized spacial score (nSPS) is 11.4. The van der Waals surface area contributed by atoms with Gasteiger partial charge >= 0.3 is 0 Å². The Bertz CT molecular complexity index is 634. The van der Waals surface area contributed by atoms with Crippen LogP contribution < -0.4 is 5.56 Å². The number of likely N-dealkylation sites (N-methyl/N-ethyl adjacent to an activating group) is 1. The third-order valence-corrected chi connectivity index (χ3v) is 3.37. The molecule has 0 bridgehead atoms. The first kappa shape index (κ1) is 13.2. The Labute approximate surface area is 114 Å². The molecule has 0 amide bonds. The molecule has 0 fully saturated rings. The highest BCUT2D eigenvalue weighted by Gasteiger charge is 2.08. The second-order valence-corrected chi connectivity index (χ2v) is 5.50. The fourth-order valence-electron chi connectivity index (χ4n) is 1.87. The molecule has 0 unspecified atom stereocenters. The maximum atomic E-state index is 12.4. The molecule has 0 saturated carbocycles. The second kappa shape index (κ2) is 5.20. The van der Waals surface area contributed by atoms with Crippen molar-refractivity contribution in [2.75, 3.05) is 20.6 Å². The maximum absolute atomic E-state index is 12.4. The number of nitrogens with zero attached hydrogens (tertiary/aromatic N) is 3. The minimum Gasteiger partial charge on any atom is -0.308 e. The van der Waals surface area contributed by atoms with E-state index in [1.54, 1.807) is 4.57 Å². The van der Waals surface area contributed by atoms with Gasteiger partial charge in [0.15, 0.2) is 0 Å². The van der Waals surface area contributed by atoms with Gasteiger partial charge in [0.1, 0.15) is 5.82 Å². The Morgan fingerprint density at radius 2 is 2.11 bits per heavy atom. The average molecular weight is 310 g/mol. The van der Waals surface area contributed by atoms with Crippen LogP contribution in [0.15, 0.2) is 27.5 Å². The second-order valence-electron chi connectivity index (χ2n) is 4.58. The number of rotatable bonds is 3. The van der Waals surface area contributed by atoms with Crippen molar-refractivity contribution in [3.05, 3.63) is 38.9 Å². The van der Waals surface area contributed by atoms with Crippen LogP contribution in [0.1, 0.15) is 5.82 Å². The number of halogens is 1. The van der Waals surface area contributed by atoms with Crippen LogP contribution in [0.2, 0.25) is 0 Å². The SMILES string of the molecule is Cc1nc2ccc(Br)cc2c(=O)n1CCN(C)C. The number of fused-ring (bicyclic) bond motifs is 1. The summed E-state index contributed by atoms with van der Waals surface area (Å²) in [6, 6.07) is 5.60. The summed E-state index contributed by atoms with van der Waals surface area (Å²) in [5, 5.41) is 0.661. The van der Waals surface area contributed by atoms with Gasteiger partial charge in [0.05, 0.1) is 10.9 Å². The average Bonchev–Trinajstić information content (AvgIpc) is 2.30. The maximum Gasteiger partial charge on any atom is 0.261 e. The third kappa shape index (κ3) is 2.62. The van der Waals surface area contributed by atoms with Crippen LogP contribution in [-0.4, -0.2) is 35.1 Å². The fraction of sp³-hybridized carbons (Fsp3) is 0.385. The molecule has 0 spiro atoms. The summed E-state index contributed by atoms with van der Waals surface area (Å²) in [5.74, 6) is 0.761. The molecule has 2 aromatic rings. The summed E-state index contributed by atoms with van der Waals surface area (Å²) in [6.45, 7) is 3.35. The van der Waals surface area contributed by atoms with E-state index in [2.05, 4.69) is 25.8 Å². The van der Waals surface area contributed by atoms with E-state index in [1.165, 1.54) is 0 Å². The monoisotopic (exact) mass is 309 g/mol. The topological polar surface area (TPSA) is 38.1 Å². The zero-order valence-electron chi connectivity index (χ0n) is 10.8. The molecule has 2 rings (SSSR count). The van der Waals surface area contributed by atoms with E-state index in [0.29, 0.717) is 11.9 Å². The van der Waals surface area contributed by atoms with Crippen LogP contribution in [0.5, 0.6) is 0 Å². The molecular formula is C13H16BrN3O. The van der Waals surface area contributed by atoms with E-state index in [-0.39, 0.29) is 5.56 Å². The lowest BCUT2D eigenvalue weighted by Crippen LogP contribution is -2.29. The fourth-order valence-corrected chi connectivity index (χ4v) is 2.23. The third-order valence-electron chi connectivity index (χ3n) is 2.88. The number of hydrogen-bond acceptors (Lipinski definition) is 3. The van der Waals surface area contributed by atoms with E-state index < -0.39 is 0 Å². The lowest BCUT2D eigenvalue weighted by atomic mass is 10.2. The van der Waals surface area contributed by atoms with Crippen LogP contribution in [0.3, 0.4) is 0 Å². The van der Waals surface area contributed by atoms with E-state index >= 15 is 0 Å². The molecule has 0 aliphatic rings. The van der Waals surface area contributed by atoms with Gasteiger partial charge in [-0.05, 0) is 39.2 Å². The van der Waals surface area contributed by atoms with Crippen molar-refractivity contribution in [2.45, 2.75) is 13.5 Å². The Morgan fingerprint density at radius 3 is 2.78 bits per heavy atom. The van der Waals surface area contributed by atoms with Gasteiger partial charge in [0.2, 0.25) is 0 Å². The number of aryl methyl sites for hydroxylation is 1. The summed E-state index contributed by atoms with van der Waals surface area (Å²) in [5.41, 5.74) is 0.780. The van der Waals surface area contributed by atoms with E-state index in [1.807, 2.05) is 39.2 Å². The highest BCUT2D eigenvalue weighted by Crippen LogP contribution is 2.15. The van der Waals surface area contributed by atoms with Crippen molar-refractivity contribution < 1.29 is 0 Å². The van der Waals surface area contributed by atoms with Crippen molar-refractivity contribution in [3.8, 4) is 0 Å². The van der Waals surface area contributed by atoms with Crippen LogP contribution in [0, 0.1) is 6.92 Å². The molecular weight excluding hydrogens is 294 g/mol. The van der Waals surface area contributed by atoms with Crippen molar-refractivity contribution in [3.63, 3.8) is 0 Å². The van der Waals surface area contributed by atoms with E-state index in [4.69, 9.17) is 0 Å². The van der Waals surface area contributed by atoms with Gasteiger partial charge in [-0.25, -0.2) is 4.98 Å². The Balaban J connectivity index is 2.56. The van der Waals surface area contributed by atoms with Gasteiger partial charge in [-0.1, -0.05) is 15.9 Å². The van der Waals surface area contributed by atoms with Crippen LogP contribution >= 0.6 is 15.9 Å². The van der Waals surface area contributed by atoms with Crippen LogP contribution in [-0.2, 0) is 6.54 Å². The smallest absolute Gasteiger partial charge is 0.261 e. The van der Waals surface area contributed by atoms with Gasteiger partial charge in [-0.3, -0.25) is 9.36 Å². The predicted molar refractivity (Wildman–Crippen MR) is 77.0 cm³/mol. The van der Waals surface area contributed by atoms with Gasteiger partial charge < -0.3 is 4.90 Å². The molecule has 0 atom stereocenters.